The highest BCUT2D eigenvalue weighted by atomic mass is 16.2. The fraction of sp³-hybridized carbons (Fsp3) is 0.400. The van der Waals surface area contributed by atoms with Crippen molar-refractivity contribution >= 4 is 16.9 Å². The van der Waals surface area contributed by atoms with Crippen LogP contribution >= 0.6 is 0 Å². The van der Waals surface area contributed by atoms with Gasteiger partial charge in [-0.1, -0.05) is 6.92 Å². The van der Waals surface area contributed by atoms with E-state index in [0.29, 0.717) is 12.1 Å². The Hall–Kier alpha value is -2.76. The average Bonchev–Trinajstić information content (AvgIpc) is 2.95. The third kappa shape index (κ3) is 2.75. The first-order valence-corrected chi connectivity index (χ1v) is 8.98. The molecule has 0 aliphatic carbocycles. The minimum absolute atomic E-state index is 0.0430. The summed E-state index contributed by atoms with van der Waals surface area (Å²) in [5, 5.41) is 5.55. The van der Waals surface area contributed by atoms with Crippen LogP contribution in [0.25, 0.3) is 11.0 Å². The van der Waals surface area contributed by atoms with Crippen LogP contribution in [0, 0.1) is 6.92 Å². The molecule has 0 spiro atoms. The topological polar surface area (TPSA) is 63.9 Å². The summed E-state index contributed by atoms with van der Waals surface area (Å²) in [5.74, 6) is 0.0430. The lowest BCUT2D eigenvalue weighted by Crippen LogP contribution is -2.47. The first-order chi connectivity index (χ1) is 12.5. The molecule has 0 bridgehead atoms. The summed E-state index contributed by atoms with van der Waals surface area (Å²) < 4.78 is 1.83. The van der Waals surface area contributed by atoms with Gasteiger partial charge in [0.25, 0.3) is 5.91 Å². The predicted octanol–water partition coefficient (Wildman–Crippen LogP) is 2.87. The van der Waals surface area contributed by atoms with Crippen LogP contribution in [0.15, 0.2) is 36.7 Å². The average molecular weight is 349 g/mol. The Labute approximate surface area is 152 Å². The van der Waals surface area contributed by atoms with Gasteiger partial charge in [-0.2, -0.15) is 5.10 Å². The van der Waals surface area contributed by atoms with Crippen molar-refractivity contribution in [2.24, 2.45) is 7.05 Å². The van der Waals surface area contributed by atoms with Gasteiger partial charge in [-0.3, -0.25) is 14.5 Å². The highest BCUT2D eigenvalue weighted by Gasteiger charge is 2.36. The molecule has 3 aromatic heterocycles. The van der Waals surface area contributed by atoms with Gasteiger partial charge in [-0.05, 0) is 44.0 Å². The summed E-state index contributed by atoms with van der Waals surface area (Å²) in [4.78, 5) is 23.8. The number of amides is 1. The minimum Gasteiger partial charge on any atom is -0.338 e. The fourth-order valence-corrected chi connectivity index (χ4v) is 3.93. The van der Waals surface area contributed by atoms with Gasteiger partial charge in [0.15, 0.2) is 5.65 Å². The van der Waals surface area contributed by atoms with Crippen LogP contribution in [0.2, 0.25) is 0 Å². The number of carbonyl (C=O) groups excluding carboxylic acids is 1. The van der Waals surface area contributed by atoms with Crippen LogP contribution in [-0.4, -0.2) is 43.6 Å². The Bertz CT molecular complexity index is 965. The summed E-state index contributed by atoms with van der Waals surface area (Å²) >= 11 is 0. The number of piperidine rings is 1. The van der Waals surface area contributed by atoms with Crippen molar-refractivity contribution in [3.63, 3.8) is 0 Å². The smallest absolute Gasteiger partial charge is 0.255 e. The molecule has 134 valence electrons. The van der Waals surface area contributed by atoms with Gasteiger partial charge in [0, 0.05) is 43.3 Å². The molecule has 1 aliphatic rings. The van der Waals surface area contributed by atoms with E-state index in [9.17, 15) is 4.79 Å². The number of fused-ring (bicyclic) bond motifs is 1. The summed E-state index contributed by atoms with van der Waals surface area (Å²) in [6.07, 6.45) is 5.30. The molecular weight excluding hydrogens is 326 g/mol. The third-order valence-corrected chi connectivity index (χ3v) is 5.38. The molecule has 1 atom stereocenters. The maximum Gasteiger partial charge on any atom is 0.255 e. The maximum atomic E-state index is 12.8. The zero-order chi connectivity index (χ0) is 18.3. The van der Waals surface area contributed by atoms with E-state index in [4.69, 9.17) is 4.98 Å². The van der Waals surface area contributed by atoms with Crippen molar-refractivity contribution in [1.82, 2.24) is 24.6 Å². The summed E-state index contributed by atoms with van der Waals surface area (Å²) in [5.41, 5.74) is 3.39. The molecule has 0 saturated carbocycles. The van der Waals surface area contributed by atoms with E-state index in [1.165, 1.54) is 0 Å². The van der Waals surface area contributed by atoms with E-state index in [-0.39, 0.29) is 11.3 Å². The molecule has 6 nitrogen and oxygen atoms in total. The summed E-state index contributed by atoms with van der Waals surface area (Å²) in [6, 6.07) is 7.82. The molecule has 4 heterocycles. The Morgan fingerprint density at radius 3 is 2.88 bits per heavy atom. The maximum absolute atomic E-state index is 12.8. The van der Waals surface area contributed by atoms with E-state index in [1.807, 2.05) is 29.6 Å². The van der Waals surface area contributed by atoms with Gasteiger partial charge >= 0.3 is 0 Å². The number of carbonyl (C=O) groups is 1. The van der Waals surface area contributed by atoms with Gasteiger partial charge in [-0.25, -0.2) is 4.98 Å². The zero-order valence-corrected chi connectivity index (χ0v) is 15.4. The van der Waals surface area contributed by atoms with Crippen LogP contribution in [-0.2, 0) is 12.5 Å². The van der Waals surface area contributed by atoms with Crippen LogP contribution in [0.5, 0.6) is 0 Å². The first kappa shape index (κ1) is 16.7. The molecule has 4 rings (SSSR count). The summed E-state index contributed by atoms with van der Waals surface area (Å²) in [6.45, 7) is 5.64. The Morgan fingerprint density at radius 2 is 2.12 bits per heavy atom. The van der Waals surface area contributed by atoms with Crippen molar-refractivity contribution in [1.29, 1.82) is 0 Å². The fourth-order valence-electron chi connectivity index (χ4n) is 3.93. The largest absolute Gasteiger partial charge is 0.338 e. The molecule has 0 radical (unpaired) electrons. The van der Waals surface area contributed by atoms with Gasteiger partial charge in [0.05, 0.1) is 17.0 Å². The number of nitrogens with zero attached hydrogens (tertiary/aromatic N) is 5. The molecular formula is C20H23N5O. The molecule has 0 N–H and O–H groups in total. The second-order valence-electron chi connectivity index (χ2n) is 7.41. The van der Waals surface area contributed by atoms with Crippen molar-refractivity contribution in [3.05, 3.63) is 53.6 Å². The molecule has 0 aromatic carbocycles. The number of likely N-dealkylation sites (tertiary alicyclic amines) is 1. The van der Waals surface area contributed by atoms with Crippen LogP contribution < -0.4 is 0 Å². The van der Waals surface area contributed by atoms with Crippen LogP contribution in [0.3, 0.4) is 0 Å². The number of pyridine rings is 2. The van der Waals surface area contributed by atoms with E-state index in [0.717, 1.165) is 41.8 Å². The first-order valence-electron chi connectivity index (χ1n) is 8.98. The lowest BCUT2D eigenvalue weighted by Gasteiger charge is -2.40. The second kappa shape index (κ2) is 6.20. The predicted molar refractivity (Wildman–Crippen MR) is 100.0 cm³/mol. The molecule has 3 aromatic rings. The number of aryl methyl sites for hydroxylation is 2. The normalized spacial score (nSPS) is 20.5. The van der Waals surface area contributed by atoms with Crippen molar-refractivity contribution in [2.75, 3.05) is 13.1 Å². The number of hydrogen-bond acceptors (Lipinski definition) is 4. The van der Waals surface area contributed by atoms with E-state index >= 15 is 0 Å². The third-order valence-electron chi connectivity index (χ3n) is 5.38. The quantitative estimate of drug-likeness (QED) is 0.714. The number of hydrogen-bond donors (Lipinski definition) is 0. The van der Waals surface area contributed by atoms with Crippen LogP contribution in [0.4, 0.5) is 0 Å². The second-order valence-corrected chi connectivity index (χ2v) is 7.41. The lowest BCUT2D eigenvalue weighted by atomic mass is 9.78. The minimum atomic E-state index is -0.164. The number of aromatic nitrogens is 4. The van der Waals surface area contributed by atoms with Crippen LogP contribution in [0.1, 0.15) is 41.5 Å². The molecule has 6 heteroatoms. The molecule has 1 aliphatic heterocycles. The van der Waals surface area contributed by atoms with Gasteiger partial charge in [0.1, 0.15) is 0 Å². The van der Waals surface area contributed by atoms with E-state index in [2.05, 4.69) is 29.1 Å². The molecule has 1 amide bonds. The van der Waals surface area contributed by atoms with Gasteiger partial charge in [0.2, 0.25) is 0 Å². The molecule has 0 unspecified atom stereocenters. The van der Waals surface area contributed by atoms with Crippen molar-refractivity contribution in [3.8, 4) is 0 Å². The van der Waals surface area contributed by atoms with E-state index < -0.39 is 0 Å². The molecule has 1 saturated heterocycles. The van der Waals surface area contributed by atoms with Gasteiger partial charge in [-0.15, -0.1) is 0 Å². The molecule has 1 fully saturated rings. The SMILES string of the molecule is Cc1nn(C)c2nc([C@]3(C)CCCN(C(=O)c4cccnc4)C3)ccc12. The molecule has 26 heavy (non-hydrogen) atoms. The monoisotopic (exact) mass is 349 g/mol. The Morgan fingerprint density at radius 1 is 1.27 bits per heavy atom. The van der Waals surface area contributed by atoms with Crippen molar-refractivity contribution in [2.45, 2.75) is 32.1 Å². The Balaban J connectivity index is 1.65. The Kier molecular flexibility index (Phi) is 3.98. The van der Waals surface area contributed by atoms with Crippen molar-refractivity contribution < 1.29 is 4.79 Å². The standard InChI is InChI=1S/C20H23N5O/c1-14-16-7-8-17(22-18(16)24(3)23-14)20(2)9-5-11-25(13-20)19(26)15-6-4-10-21-12-15/h4,6-8,10,12H,5,9,11,13H2,1-3H3/t20-/m1/s1. The highest BCUT2D eigenvalue weighted by molar-refractivity contribution is 5.94. The van der Waals surface area contributed by atoms with Gasteiger partial charge < -0.3 is 4.90 Å². The summed E-state index contributed by atoms with van der Waals surface area (Å²) in [7, 11) is 1.92. The highest BCUT2D eigenvalue weighted by Crippen LogP contribution is 2.34. The zero-order valence-electron chi connectivity index (χ0n) is 15.4. The lowest BCUT2D eigenvalue weighted by molar-refractivity contribution is 0.0647. The van der Waals surface area contributed by atoms with E-state index in [1.54, 1.807) is 18.5 Å². The number of rotatable bonds is 2.